The zero-order valence-corrected chi connectivity index (χ0v) is 12.3. The molecular formula is C15H13FN2O2S. The number of hydrogen-bond donors (Lipinski definition) is 1. The smallest absolute Gasteiger partial charge is 0.261 e. The van der Waals surface area contributed by atoms with Gasteiger partial charge in [0.05, 0.1) is 16.1 Å². The van der Waals surface area contributed by atoms with E-state index in [1.807, 2.05) is 13.0 Å². The third-order valence-corrected chi connectivity index (χ3v) is 4.37. The number of nitrogens with one attached hydrogen (secondary N) is 1. The van der Waals surface area contributed by atoms with Gasteiger partial charge in [0.15, 0.2) is 0 Å². The Bertz CT molecular complexity index is 839. The summed E-state index contributed by atoms with van der Waals surface area (Å²) in [7, 11) is -3.87. The first-order chi connectivity index (χ1) is 9.83. The minimum atomic E-state index is -3.87. The van der Waals surface area contributed by atoms with E-state index in [2.05, 4.69) is 4.72 Å². The number of rotatable bonds is 3. The second-order valence-corrected chi connectivity index (χ2v) is 6.36. The highest BCUT2D eigenvalue weighted by atomic mass is 32.2. The molecule has 0 radical (unpaired) electrons. The molecule has 2 aromatic rings. The number of hydrogen-bond acceptors (Lipinski definition) is 3. The van der Waals surface area contributed by atoms with Crippen LogP contribution in [-0.4, -0.2) is 8.42 Å². The maximum Gasteiger partial charge on any atom is 0.261 e. The van der Waals surface area contributed by atoms with Crippen LogP contribution in [0.3, 0.4) is 0 Å². The van der Waals surface area contributed by atoms with E-state index in [0.717, 1.165) is 29.3 Å². The van der Waals surface area contributed by atoms with Crippen molar-refractivity contribution in [2.24, 2.45) is 0 Å². The lowest BCUT2D eigenvalue weighted by Gasteiger charge is -2.11. The van der Waals surface area contributed by atoms with Crippen LogP contribution in [0.25, 0.3) is 0 Å². The summed E-state index contributed by atoms with van der Waals surface area (Å²) in [4.78, 5) is -0.152. The van der Waals surface area contributed by atoms with Crippen LogP contribution in [0.15, 0.2) is 41.3 Å². The first-order valence-corrected chi connectivity index (χ1v) is 7.61. The Morgan fingerprint density at radius 1 is 1.14 bits per heavy atom. The van der Waals surface area contributed by atoms with Crippen molar-refractivity contribution in [2.45, 2.75) is 18.7 Å². The predicted molar refractivity (Wildman–Crippen MR) is 77.8 cm³/mol. The molecular weight excluding hydrogens is 291 g/mol. The number of nitrogens with zero attached hydrogens (tertiary/aromatic N) is 1. The second-order valence-electron chi connectivity index (χ2n) is 4.68. The molecule has 0 saturated carbocycles. The van der Waals surface area contributed by atoms with E-state index in [1.165, 1.54) is 0 Å². The maximum atomic E-state index is 13.3. The lowest BCUT2D eigenvalue weighted by Crippen LogP contribution is -2.14. The molecule has 0 aliphatic rings. The SMILES string of the molecule is Cc1ccc(C)c(NS(=O)(=O)c2ccc(F)c(C#N)c2)c1. The Balaban J connectivity index is 2.44. The number of anilines is 1. The highest BCUT2D eigenvalue weighted by Crippen LogP contribution is 2.22. The molecule has 0 bridgehead atoms. The lowest BCUT2D eigenvalue weighted by atomic mass is 10.1. The van der Waals surface area contributed by atoms with Gasteiger partial charge in [-0.25, -0.2) is 12.8 Å². The summed E-state index contributed by atoms with van der Waals surface area (Å²) < 4.78 is 40.3. The summed E-state index contributed by atoms with van der Waals surface area (Å²) in [6.07, 6.45) is 0. The van der Waals surface area contributed by atoms with Gasteiger partial charge in [0.1, 0.15) is 11.9 Å². The lowest BCUT2D eigenvalue weighted by molar-refractivity contribution is 0.599. The zero-order chi connectivity index (χ0) is 15.6. The molecule has 0 unspecified atom stereocenters. The van der Waals surface area contributed by atoms with E-state index in [1.54, 1.807) is 25.1 Å². The van der Waals surface area contributed by atoms with Gasteiger partial charge in [0, 0.05) is 0 Å². The van der Waals surface area contributed by atoms with Crippen LogP contribution in [0, 0.1) is 31.0 Å². The number of sulfonamides is 1. The minimum absolute atomic E-state index is 0.152. The van der Waals surface area contributed by atoms with Crippen molar-refractivity contribution in [3.8, 4) is 6.07 Å². The van der Waals surface area contributed by atoms with Crippen molar-refractivity contribution in [1.82, 2.24) is 0 Å². The molecule has 4 nitrogen and oxygen atoms in total. The van der Waals surface area contributed by atoms with E-state index < -0.39 is 15.8 Å². The van der Waals surface area contributed by atoms with Crippen LogP contribution < -0.4 is 4.72 Å². The van der Waals surface area contributed by atoms with Crippen molar-refractivity contribution >= 4 is 15.7 Å². The van der Waals surface area contributed by atoms with Crippen molar-refractivity contribution in [3.63, 3.8) is 0 Å². The molecule has 0 saturated heterocycles. The fourth-order valence-corrected chi connectivity index (χ4v) is 2.95. The van der Waals surface area contributed by atoms with Crippen LogP contribution in [0.2, 0.25) is 0 Å². The first kappa shape index (κ1) is 15.0. The van der Waals surface area contributed by atoms with E-state index in [4.69, 9.17) is 5.26 Å². The first-order valence-electron chi connectivity index (χ1n) is 6.13. The number of aryl methyl sites for hydroxylation is 2. The van der Waals surface area contributed by atoms with E-state index in [9.17, 15) is 12.8 Å². The van der Waals surface area contributed by atoms with Crippen molar-refractivity contribution in [2.75, 3.05) is 4.72 Å². The fourth-order valence-electron chi connectivity index (χ4n) is 1.81. The molecule has 0 aliphatic heterocycles. The molecule has 1 N–H and O–H groups in total. The molecule has 0 spiro atoms. The third kappa shape index (κ3) is 3.20. The molecule has 108 valence electrons. The van der Waals surface area contributed by atoms with E-state index in [-0.39, 0.29) is 10.5 Å². The molecule has 0 atom stereocenters. The zero-order valence-electron chi connectivity index (χ0n) is 11.5. The highest BCUT2D eigenvalue weighted by molar-refractivity contribution is 7.92. The van der Waals surface area contributed by atoms with Crippen LogP contribution in [-0.2, 0) is 10.0 Å². The van der Waals surface area contributed by atoms with Gasteiger partial charge in [-0.3, -0.25) is 4.72 Å². The summed E-state index contributed by atoms with van der Waals surface area (Å²) in [6, 6.07) is 10.1. The Morgan fingerprint density at radius 2 is 1.86 bits per heavy atom. The predicted octanol–water partition coefficient (Wildman–Crippen LogP) is 3.12. The second kappa shape index (κ2) is 5.54. The van der Waals surface area contributed by atoms with Crippen LogP contribution in [0.5, 0.6) is 0 Å². The normalized spacial score (nSPS) is 11.0. The van der Waals surface area contributed by atoms with Gasteiger partial charge in [-0.05, 0) is 49.2 Å². The summed E-state index contributed by atoms with van der Waals surface area (Å²) in [5, 5.41) is 8.77. The molecule has 0 aromatic heterocycles. The quantitative estimate of drug-likeness (QED) is 0.947. The minimum Gasteiger partial charge on any atom is -0.279 e. The van der Waals surface area contributed by atoms with Gasteiger partial charge in [0.25, 0.3) is 10.0 Å². The fraction of sp³-hybridized carbons (Fsp3) is 0.133. The van der Waals surface area contributed by atoms with Crippen LogP contribution in [0.4, 0.5) is 10.1 Å². The summed E-state index contributed by atoms with van der Waals surface area (Å²) >= 11 is 0. The average molecular weight is 304 g/mol. The van der Waals surface area contributed by atoms with Gasteiger partial charge in [-0.1, -0.05) is 12.1 Å². The molecule has 2 aromatic carbocycles. The summed E-state index contributed by atoms with van der Waals surface area (Å²) in [5.74, 6) is -0.747. The van der Waals surface area contributed by atoms with Gasteiger partial charge in [-0.15, -0.1) is 0 Å². The number of halogens is 1. The number of benzene rings is 2. The van der Waals surface area contributed by atoms with Crippen molar-refractivity contribution in [3.05, 3.63) is 58.9 Å². The molecule has 0 amide bonds. The van der Waals surface area contributed by atoms with Crippen LogP contribution >= 0.6 is 0 Å². The Labute approximate surface area is 122 Å². The van der Waals surface area contributed by atoms with Crippen molar-refractivity contribution in [1.29, 1.82) is 5.26 Å². The van der Waals surface area contributed by atoms with E-state index in [0.29, 0.717) is 5.69 Å². The molecule has 6 heteroatoms. The average Bonchev–Trinajstić information content (AvgIpc) is 2.43. The molecule has 0 aliphatic carbocycles. The molecule has 0 fully saturated rings. The monoisotopic (exact) mass is 304 g/mol. The van der Waals surface area contributed by atoms with Gasteiger partial charge >= 0.3 is 0 Å². The van der Waals surface area contributed by atoms with E-state index >= 15 is 0 Å². The topological polar surface area (TPSA) is 70.0 Å². The Morgan fingerprint density at radius 3 is 2.52 bits per heavy atom. The highest BCUT2D eigenvalue weighted by Gasteiger charge is 2.17. The van der Waals surface area contributed by atoms with Gasteiger partial charge < -0.3 is 0 Å². The molecule has 21 heavy (non-hydrogen) atoms. The largest absolute Gasteiger partial charge is 0.279 e. The molecule has 0 heterocycles. The van der Waals surface area contributed by atoms with Gasteiger partial charge in [0.2, 0.25) is 0 Å². The standard InChI is InChI=1S/C15H13FN2O2S/c1-10-3-4-11(2)15(7-10)18-21(19,20)13-5-6-14(16)12(8-13)9-17/h3-8,18H,1-2H3. The molecule has 2 rings (SSSR count). The van der Waals surface area contributed by atoms with Crippen molar-refractivity contribution < 1.29 is 12.8 Å². The van der Waals surface area contributed by atoms with Gasteiger partial charge in [-0.2, -0.15) is 5.26 Å². The number of nitriles is 1. The summed E-state index contributed by atoms with van der Waals surface area (Å²) in [6.45, 7) is 3.63. The maximum absolute atomic E-state index is 13.3. The third-order valence-electron chi connectivity index (χ3n) is 3.01. The van der Waals surface area contributed by atoms with Crippen LogP contribution in [0.1, 0.15) is 16.7 Å². The summed E-state index contributed by atoms with van der Waals surface area (Å²) in [5.41, 5.74) is 1.83. The Kier molecular flexibility index (Phi) is 3.96. The Hall–Kier alpha value is -2.39.